The summed E-state index contributed by atoms with van der Waals surface area (Å²) in [5.41, 5.74) is -0.790. The Morgan fingerprint density at radius 3 is 2.50 bits per heavy atom. The van der Waals surface area contributed by atoms with E-state index in [0.717, 1.165) is 25.0 Å². The van der Waals surface area contributed by atoms with Gasteiger partial charge in [-0.2, -0.15) is 18.3 Å². The number of amides is 2. The maximum absolute atomic E-state index is 15.1. The summed E-state index contributed by atoms with van der Waals surface area (Å²) in [6, 6.07) is 15.4. The molecule has 0 bridgehead atoms. The van der Waals surface area contributed by atoms with Gasteiger partial charge in [-0.05, 0) is 80.4 Å². The van der Waals surface area contributed by atoms with Gasteiger partial charge in [-0.3, -0.25) is 18.7 Å². The van der Waals surface area contributed by atoms with Crippen LogP contribution in [0.4, 0.5) is 17.6 Å². The van der Waals surface area contributed by atoms with Crippen LogP contribution in [0.2, 0.25) is 0 Å². The Kier molecular flexibility index (Phi) is 8.62. The molecule has 5 aromatic rings. The van der Waals surface area contributed by atoms with Gasteiger partial charge in [0.1, 0.15) is 17.3 Å². The highest BCUT2D eigenvalue weighted by Gasteiger charge is 2.38. The van der Waals surface area contributed by atoms with Crippen LogP contribution < -0.4 is 15.7 Å². The number of aromatic nitrogens is 4. The minimum Gasteiger partial charge on any atom is -0.490 e. The maximum Gasteiger partial charge on any atom is 0.417 e. The Bertz CT molecular complexity index is 2160. The van der Waals surface area contributed by atoms with E-state index in [1.807, 2.05) is 0 Å². The zero-order valence-electron chi connectivity index (χ0n) is 26.5. The van der Waals surface area contributed by atoms with Gasteiger partial charge in [0.25, 0.3) is 11.8 Å². The van der Waals surface area contributed by atoms with Crippen LogP contribution in [0.15, 0.2) is 88.4 Å². The van der Waals surface area contributed by atoms with Crippen molar-refractivity contribution in [3.63, 3.8) is 0 Å². The molecule has 0 saturated heterocycles. The highest BCUT2D eigenvalue weighted by molar-refractivity contribution is 9.10. The Morgan fingerprint density at radius 1 is 1.06 bits per heavy atom. The van der Waals surface area contributed by atoms with Crippen molar-refractivity contribution in [2.75, 3.05) is 0 Å². The van der Waals surface area contributed by atoms with Crippen LogP contribution in [0.1, 0.15) is 57.4 Å². The number of halogens is 5. The molecule has 1 aliphatic carbocycles. The van der Waals surface area contributed by atoms with Gasteiger partial charge >= 0.3 is 11.9 Å². The summed E-state index contributed by atoms with van der Waals surface area (Å²) in [5.74, 6) is -1.42. The molecule has 50 heavy (non-hydrogen) atoms. The quantitative estimate of drug-likeness (QED) is 0.189. The topological polar surface area (TPSA) is 103 Å². The average Bonchev–Trinajstić information content (AvgIpc) is 3.63. The van der Waals surface area contributed by atoms with E-state index in [-0.39, 0.29) is 52.7 Å². The first-order valence-corrected chi connectivity index (χ1v) is 16.5. The van der Waals surface area contributed by atoms with E-state index in [4.69, 9.17) is 4.74 Å². The zero-order chi connectivity index (χ0) is 35.3. The number of nitrogens with one attached hydrogen (secondary N) is 1. The molecule has 10 nitrogen and oxygen atoms in total. The fourth-order valence-corrected chi connectivity index (χ4v) is 6.53. The number of ether oxygens (including phenoxy) is 1. The van der Waals surface area contributed by atoms with Gasteiger partial charge < -0.3 is 15.0 Å². The number of hydrogen-bond acceptors (Lipinski definition) is 5. The lowest BCUT2D eigenvalue weighted by Crippen LogP contribution is -2.47. The predicted molar refractivity (Wildman–Crippen MR) is 177 cm³/mol. The Balaban J connectivity index is 1.27. The molecule has 0 unspecified atom stereocenters. The average molecular weight is 754 g/mol. The van der Waals surface area contributed by atoms with E-state index in [2.05, 4.69) is 26.3 Å². The van der Waals surface area contributed by atoms with E-state index in [0.29, 0.717) is 17.1 Å². The Morgan fingerprint density at radius 2 is 1.82 bits per heavy atom. The molecule has 1 aliphatic heterocycles. The summed E-state index contributed by atoms with van der Waals surface area (Å²) >= 11 is 2.91. The van der Waals surface area contributed by atoms with Crippen LogP contribution in [-0.2, 0) is 25.8 Å². The first-order valence-electron chi connectivity index (χ1n) is 15.8. The van der Waals surface area contributed by atoms with E-state index < -0.39 is 41.1 Å². The van der Waals surface area contributed by atoms with Crippen LogP contribution in [0.25, 0.3) is 11.4 Å². The van der Waals surface area contributed by atoms with E-state index in [1.54, 1.807) is 49.5 Å². The summed E-state index contributed by atoms with van der Waals surface area (Å²) in [7, 11) is 0. The van der Waals surface area contributed by atoms with Crippen molar-refractivity contribution in [1.29, 1.82) is 0 Å². The lowest BCUT2D eigenvalue weighted by atomic mass is 10.1. The van der Waals surface area contributed by atoms with Crippen molar-refractivity contribution in [1.82, 2.24) is 29.1 Å². The number of nitrogens with zero attached hydrogens (tertiary/aromatic N) is 5. The maximum atomic E-state index is 15.1. The third kappa shape index (κ3) is 6.32. The lowest BCUT2D eigenvalue weighted by Gasteiger charge is -2.34. The second kappa shape index (κ2) is 12.9. The van der Waals surface area contributed by atoms with E-state index in [1.165, 1.54) is 43.1 Å². The number of fused-ring (bicyclic) bond motifs is 1. The van der Waals surface area contributed by atoms with Crippen molar-refractivity contribution < 1.29 is 31.9 Å². The highest BCUT2D eigenvalue weighted by atomic mass is 79.9. The van der Waals surface area contributed by atoms with Crippen LogP contribution in [0.3, 0.4) is 0 Å². The molecule has 2 amide bonds. The minimum atomic E-state index is -4.71. The van der Waals surface area contributed by atoms with Crippen molar-refractivity contribution in [3.05, 3.63) is 128 Å². The fraction of sp³-hybridized carbons (Fsp3) is 0.257. The summed E-state index contributed by atoms with van der Waals surface area (Å²) in [6.45, 7) is 1.11. The number of carbonyl (C=O) groups excluding carboxylic acids is 2. The molecule has 1 atom stereocenters. The summed E-state index contributed by atoms with van der Waals surface area (Å²) in [4.78, 5) is 43.3. The molecule has 0 radical (unpaired) electrons. The summed E-state index contributed by atoms with van der Waals surface area (Å²) in [5, 5.41) is 6.92. The SMILES string of the molecule is C[C@H]1Cn2c(c(C(=O)NCc3c(F)cccc3-n3cccn3)n(-c3ccc(OC4CC4)cc3)c2=O)CN1C(=O)c1ccc(Br)c(C(F)(F)F)c1. The minimum absolute atomic E-state index is 0.0323. The number of benzene rings is 3. The van der Waals surface area contributed by atoms with Crippen molar-refractivity contribution in [3.8, 4) is 17.1 Å². The van der Waals surface area contributed by atoms with Crippen LogP contribution in [0, 0.1) is 5.82 Å². The first-order chi connectivity index (χ1) is 23.9. The van der Waals surface area contributed by atoms with Crippen LogP contribution in [-0.4, -0.2) is 47.8 Å². The molecule has 1 N–H and O–H groups in total. The van der Waals surface area contributed by atoms with Crippen LogP contribution in [0.5, 0.6) is 5.75 Å². The molecule has 2 aliphatic rings. The number of carbonyl (C=O) groups is 2. The molecule has 15 heteroatoms. The van der Waals surface area contributed by atoms with Crippen LogP contribution >= 0.6 is 15.9 Å². The Hall–Kier alpha value is -5.18. The van der Waals surface area contributed by atoms with Gasteiger partial charge in [-0.1, -0.05) is 22.0 Å². The first kappa shape index (κ1) is 33.3. The predicted octanol–water partition coefficient (Wildman–Crippen LogP) is 6.26. The molecule has 1 saturated carbocycles. The van der Waals surface area contributed by atoms with Gasteiger partial charge in [0.15, 0.2) is 0 Å². The molecular weight excluding hydrogens is 724 g/mol. The Labute approximate surface area is 291 Å². The number of rotatable bonds is 8. The zero-order valence-corrected chi connectivity index (χ0v) is 28.0. The highest BCUT2D eigenvalue weighted by Crippen LogP contribution is 2.36. The second-order valence-electron chi connectivity index (χ2n) is 12.2. The number of alkyl halides is 3. The van der Waals surface area contributed by atoms with Gasteiger partial charge in [0.05, 0.1) is 35.3 Å². The molecule has 1 fully saturated rings. The van der Waals surface area contributed by atoms with Gasteiger partial charge in [-0.15, -0.1) is 0 Å². The van der Waals surface area contributed by atoms with E-state index in [9.17, 15) is 27.6 Å². The number of imidazole rings is 1. The van der Waals surface area contributed by atoms with Gasteiger partial charge in [-0.25, -0.2) is 13.9 Å². The monoisotopic (exact) mass is 752 g/mol. The number of hydrogen-bond donors (Lipinski definition) is 1. The second-order valence-corrected chi connectivity index (χ2v) is 13.0. The largest absolute Gasteiger partial charge is 0.490 e. The third-order valence-corrected chi connectivity index (χ3v) is 9.42. The molecule has 3 heterocycles. The van der Waals surface area contributed by atoms with Crippen molar-refractivity contribution >= 4 is 27.7 Å². The molecular formula is C35H29BrF4N6O4. The molecule has 3 aromatic carbocycles. The smallest absolute Gasteiger partial charge is 0.417 e. The molecule has 2 aromatic heterocycles. The standard InChI is InChI=1S/C35H29BrF4N6O4/c1-20-18-44-30(19-43(20)33(48)21-6-13-27(36)26(16-21)35(38,39)40)31(46(34(44)49)22-7-9-23(10-8-22)50-24-11-12-24)32(47)41-17-25-28(37)4-2-5-29(25)45-15-3-14-42-45/h2-10,13-16,20,24H,11-12,17-19H2,1H3,(H,41,47)/t20-/m0/s1. The van der Waals surface area contributed by atoms with E-state index >= 15 is 4.39 Å². The van der Waals surface area contributed by atoms with Gasteiger partial charge in [0.2, 0.25) is 0 Å². The normalized spacial score (nSPS) is 15.9. The van der Waals surface area contributed by atoms with Crippen molar-refractivity contribution in [2.24, 2.45) is 0 Å². The summed E-state index contributed by atoms with van der Waals surface area (Å²) in [6.07, 6.45) is 0.501. The fourth-order valence-electron chi connectivity index (χ4n) is 6.06. The molecule has 258 valence electrons. The summed E-state index contributed by atoms with van der Waals surface area (Å²) < 4.78 is 65.9. The molecule has 7 rings (SSSR count). The van der Waals surface area contributed by atoms with Gasteiger partial charge in [0, 0.05) is 47.1 Å². The lowest BCUT2D eigenvalue weighted by molar-refractivity contribution is -0.138. The van der Waals surface area contributed by atoms with Crippen molar-refractivity contribution in [2.45, 2.75) is 57.7 Å². The third-order valence-electron chi connectivity index (χ3n) is 8.73. The molecule has 0 spiro atoms.